The van der Waals surface area contributed by atoms with Crippen LogP contribution in [0.4, 0.5) is 11.6 Å². The van der Waals surface area contributed by atoms with E-state index in [-0.39, 0.29) is 17.7 Å². The van der Waals surface area contributed by atoms with Crippen LogP contribution in [0.5, 0.6) is 5.88 Å². The maximum Gasteiger partial charge on any atom is 0.253 e. The zero-order chi connectivity index (χ0) is 19.4. The number of fused-ring (bicyclic) bond motifs is 1. The monoisotopic (exact) mass is 382 g/mol. The topological polar surface area (TPSA) is 87.0 Å². The van der Waals surface area contributed by atoms with Crippen LogP contribution in [-0.2, 0) is 0 Å². The Morgan fingerprint density at radius 1 is 1.26 bits per heavy atom. The zero-order valence-electron chi connectivity index (χ0n) is 15.3. The summed E-state index contributed by atoms with van der Waals surface area (Å²) in [4.78, 5) is 14.9. The Bertz CT molecular complexity index is 1000. The SMILES string of the molecule is CC(CN(C)C)Oc1nc(Nc2cc3cccc(Cl)c3cn2)cnc1C#N. The first kappa shape index (κ1) is 18.8. The Hall–Kier alpha value is -2.95. The molecule has 1 atom stereocenters. The molecule has 1 aromatic carbocycles. The smallest absolute Gasteiger partial charge is 0.253 e. The second-order valence-corrected chi connectivity index (χ2v) is 6.77. The van der Waals surface area contributed by atoms with E-state index in [4.69, 9.17) is 16.3 Å². The molecule has 0 bridgehead atoms. The summed E-state index contributed by atoms with van der Waals surface area (Å²) in [5.41, 5.74) is 0.143. The number of ether oxygens (including phenoxy) is 1. The summed E-state index contributed by atoms with van der Waals surface area (Å²) in [6, 6.07) is 9.54. The van der Waals surface area contributed by atoms with E-state index in [1.807, 2.05) is 56.3 Å². The van der Waals surface area contributed by atoms with E-state index < -0.39 is 0 Å². The lowest BCUT2D eigenvalue weighted by molar-refractivity contribution is 0.169. The number of halogens is 1. The van der Waals surface area contributed by atoms with Gasteiger partial charge in [0.15, 0.2) is 5.82 Å². The molecule has 0 aliphatic rings. The van der Waals surface area contributed by atoms with E-state index in [2.05, 4.69) is 20.3 Å². The summed E-state index contributed by atoms with van der Waals surface area (Å²) in [5, 5.41) is 14.8. The summed E-state index contributed by atoms with van der Waals surface area (Å²) in [7, 11) is 3.90. The second-order valence-electron chi connectivity index (χ2n) is 6.37. The summed E-state index contributed by atoms with van der Waals surface area (Å²) in [6.45, 7) is 2.61. The minimum absolute atomic E-state index is 0.141. The van der Waals surface area contributed by atoms with Crippen molar-refractivity contribution in [2.24, 2.45) is 0 Å². The number of hydrogen-bond acceptors (Lipinski definition) is 7. The second kappa shape index (κ2) is 8.16. The van der Waals surface area contributed by atoms with Gasteiger partial charge in [0, 0.05) is 23.2 Å². The first-order valence-corrected chi connectivity index (χ1v) is 8.74. The molecule has 3 rings (SSSR count). The van der Waals surface area contributed by atoms with Crippen LogP contribution in [0.15, 0.2) is 36.7 Å². The first-order chi connectivity index (χ1) is 13.0. The van der Waals surface area contributed by atoms with Crippen molar-refractivity contribution < 1.29 is 4.74 Å². The Kier molecular flexibility index (Phi) is 5.69. The molecule has 0 saturated carbocycles. The number of nitrogens with one attached hydrogen (secondary N) is 1. The van der Waals surface area contributed by atoms with E-state index in [1.54, 1.807) is 6.20 Å². The van der Waals surface area contributed by atoms with Crippen molar-refractivity contribution in [1.29, 1.82) is 5.26 Å². The highest BCUT2D eigenvalue weighted by Gasteiger charge is 2.14. The fraction of sp³-hybridized carbons (Fsp3) is 0.263. The van der Waals surface area contributed by atoms with Gasteiger partial charge in [-0.2, -0.15) is 10.2 Å². The van der Waals surface area contributed by atoms with Crippen molar-refractivity contribution in [2.45, 2.75) is 13.0 Å². The van der Waals surface area contributed by atoms with E-state index >= 15 is 0 Å². The lowest BCUT2D eigenvalue weighted by atomic mass is 10.2. The number of pyridine rings is 1. The number of aromatic nitrogens is 3. The molecule has 0 aliphatic carbocycles. The van der Waals surface area contributed by atoms with Crippen LogP contribution in [0, 0.1) is 11.3 Å². The summed E-state index contributed by atoms with van der Waals surface area (Å²) in [5.74, 6) is 1.23. The molecular formula is C19H19ClN6O. The van der Waals surface area contributed by atoms with Crippen molar-refractivity contribution >= 4 is 34.0 Å². The number of hydrogen-bond donors (Lipinski definition) is 1. The summed E-state index contributed by atoms with van der Waals surface area (Å²) < 4.78 is 5.80. The van der Waals surface area contributed by atoms with Crippen LogP contribution in [0.3, 0.4) is 0 Å². The Morgan fingerprint density at radius 3 is 2.81 bits per heavy atom. The number of rotatable bonds is 6. The van der Waals surface area contributed by atoms with E-state index in [9.17, 15) is 5.26 Å². The standard InChI is InChI=1S/C19H19ClN6O/c1-12(11-26(2)3)27-19-16(8-21)22-10-18(25-19)24-17-7-13-5-4-6-15(20)14(13)9-23-17/h4-7,9-10,12H,11H2,1-3H3,(H,23,24,25). The Morgan fingerprint density at radius 2 is 2.07 bits per heavy atom. The quantitative estimate of drug-likeness (QED) is 0.696. The van der Waals surface area contributed by atoms with Crippen LogP contribution in [0.2, 0.25) is 5.02 Å². The number of benzene rings is 1. The largest absolute Gasteiger partial charge is 0.471 e. The van der Waals surface area contributed by atoms with Gasteiger partial charge in [0.1, 0.15) is 18.0 Å². The third-order valence-corrected chi connectivity index (χ3v) is 4.08. The lowest BCUT2D eigenvalue weighted by Crippen LogP contribution is -2.28. The molecule has 1 N–H and O–H groups in total. The Labute approximate surface area is 162 Å². The fourth-order valence-corrected chi connectivity index (χ4v) is 2.90. The summed E-state index contributed by atoms with van der Waals surface area (Å²) >= 11 is 6.17. The molecule has 0 radical (unpaired) electrons. The van der Waals surface area contributed by atoms with E-state index in [0.29, 0.717) is 23.2 Å². The average molecular weight is 383 g/mol. The van der Waals surface area contributed by atoms with Gasteiger partial charge in [0.05, 0.1) is 6.20 Å². The molecule has 1 unspecified atom stereocenters. The highest BCUT2D eigenvalue weighted by molar-refractivity contribution is 6.35. The minimum atomic E-state index is -0.141. The van der Waals surface area contributed by atoms with Crippen molar-refractivity contribution in [2.75, 3.05) is 26.0 Å². The van der Waals surface area contributed by atoms with Gasteiger partial charge < -0.3 is 15.0 Å². The summed E-state index contributed by atoms with van der Waals surface area (Å²) in [6.07, 6.45) is 3.04. The van der Waals surface area contributed by atoms with Gasteiger partial charge in [0.25, 0.3) is 5.88 Å². The highest BCUT2D eigenvalue weighted by atomic mass is 35.5. The molecule has 27 heavy (non-hydrogen) atoms. The predicted octanol–water partition coefficient (Wildman–Crippen LogP) is 3.62. The maximum atomic E-state index is 9.25. The number of nitrogens with zero attached hydrogens (tertiary/aromatic N) is 5. The molecule has 0 spiro atoms. The first-order valence-electron chi connectivity index (χ1n) is 8.36. The van der Waals surface area contributed by atoms with Gasteiger partial charge >= 0.3 is 0 Å². The number of likely N-dealkylation sites (N-methyl/N-ethyl adjacent to an activating group) is 1. The normalized spacial score (nSPS) is 12.0. The van der Waals surface area contributed by atoms with E-state index in [1.165, 1.54) is 6.20 Å². The molecule has 7 nitrogen and oxygen atoms in total. The fourth-order valence-electron chi connectivity index (χ4n) is 2.67. The third-order valence-electron chi connectivity index (χ3n) is 3.75. The van der Waals surface area contributed by atoms with Crippen LogP contribution in [0.25, 0.3) is 10.8 Å². The Balaban J connectivity index is 1.85. The van der Waals surface area contributed by atoms with Gasteiger partial charge in [-0.3, -0.25) is 0 Å². The van der Waals surface area contributed by atoms with Crippen LogP contribution in [-0.4, -0.2) is 46.6 Å². The van der Waals surface area contributed by atoms with Crippen molar-refractivity contribution in [3.8, 4) is 11.9 Å². The van der Waals surface area contributed by atoms with Crippen LogP contribution in [0.1, 0.15) is 12.6 Å². The van der Waals surface area contributed by atoms with Gasteiger partial charge in [-0.05, 0) is 38.5 Å². The maximum absolute atomic E-state index is 9.25. The molecule has 0 fully saturated rings. The van der Waals surface area contributed by atoms with Gasteiger partial charge in [0.2, 0.25) is 5.69 Å². The van der Waals surface area contributed by atoms with Crippen molar-refractivity contribution in [1.82, 2.24) is 19.9 Å². The van der Waals surface area contributed by atoms with Crippen molar-refractivity contribution in [3.63, 3.8) is 0 Å². The van der Waals surface area contributed by atoms with Gasteiger partial charge in [-0.1, -0.05) is 23.7 Å². The molecule has 2 heterocycles. The molecule has 3 aromatic rings. The molecule has 0 saturated heterocycles. The highest BCUT2D eigenvalue weighted by Crippen LogP contribution is 2.26. The average Bonchev–Trinajstić information content (AvgIpc) is 2.61. The number of anilines is 2. The lowest BCUT2D eigenvalue weighted by Gasteiger charge is -2.18. The zero-order valence-corrected chi connectivity index (χ0v) is 16.0. The van der Waals surface area contributed by atoms with E-state index in [0.717, 1.165) is 10.8 Å². The molecular weight excluding hydrogens is 364 g/mol. The van der Waals surface area contributed by atoms with Gasteiger partial charge in [-0.15, -0.1) is 0 Å². The van der Waals surface area contributed by atoms with Crippen molar-refractivity contribution in [3.05, 3.63) is 47.4 Å². The third kappa shape index (κ3) is 4.61. The minimum Gasteiger partial charge on any atom is -0.471 e. The molecule has 0 amide bonds. The van der Waals surface area contributed by atoms with Gasteiger partial charge in [-0.25, -0.2) is 9.97 Å². The van der Waals surface area contributed by atoms with Crippen LogP contribution >= 0.6 is 11.6 Å². The van der Waals surface area contributed by atoms with Crippen LogP contribution < -0.4 is 10.1 Å². The molecule has 0 aliphatic heterocycles. The molecule has 138 valence electrons. The molecule has 2 aromatic heterocycles. The number of nitriles is 1. The molecule has 8 heteroatoms. The predicted molar refractivity (Wildman–Crippen MR) is 105 cm³/mol.